The van der Waals surface area contributed by atoms with Gasteiger partial charge in [0.15, 0.2) is 5.88 Å². The monoisotopic (exact) mass is 318 g/mol. The summed E-state index contributed by atoms with van der Waals surface area (Å²) < 4.78 is 5.91. The van der Waals surface area contributed by atoms with Crippen LogP contribution in [0.1, 0.15) is 30.8 Å². The molecule has 1 N–H and O–H groups in total. The Morgan fingerprint density at radius 1 is 1.17 bits per heavy atom. The highest BCUT2D eigenvalue weighted by atomic mass is 16.4. The van der Waals surface area contributed by atoms with Crippen LogP contribution in [0.5, 0.6) is 0 Å². The van der Waals surface area contributed by atoms with Gasteiger partial charge in [0.2, 0.25) is 0 Å². The molecule has 24 heavy (non-hydrogen) atoms. The molecule has 3 heterocycles. The summed E-state index contributed by atoms with van der Waals surface area (Å²) in [5.41, 5.74) is 2.23. The van der Waals surface area contributed by atoms with Gasteiger partial charge in [-0.2, -0.15) is 5.26 Å². The maximum atomic E-state index is 9.49. The zero-order valence-corrected chi connectivity index (χ0v) is 13.3. The van der Waals surface area contributed by atoms with E-state index in [0.29, 0.717) is 17.2 Å². The van der Waals surface area contributed by atoms with E-state index in [9.17, 15) is 5.26 Å². The normalized spacial score (nSPS) is 15.6. The molecule has 5 nitrogen and oxygen atoms in total. The van der Waals surface area contributed by atoms with E-state index in [1.165, 1.54) is 19.3 Å². The van der Waals surface area contributed by atoms with Gasteiger partial charge >= 0.3 is 0 Å². The molecule has 2 aromatic heterocycles. The van der Waals surface area contributed by atoms with Crippen molar-refractivity contribution >= 4 is 28.6 Å². The van der Waals surface area contributed by atoms with Gasteiger partial charge < -0.3 is 14.3 Å². The molecule has 0 atom stereocenters. The van der Waals surface area contributed by atoms with E-state index in [1.807, 2.05) is 36.4 Å². The fraction of sp³-hybridized carbons (Fsp3) is 0.263. The number of benzene rings is 1. The topological polar surface area (TPSA) is 68.8 Å². The van der Waals surface area contributed by atoms with Gasteiger partial charge in [0, 0.05) is 25.2 Å². The van der Waals surface area contributed by atoms with Crippen LogP contribution in [0.25, 0.3) is 22.7 Å². The number of nitrogens with zero attached hydrogens (tertiary/aromatic N) is 3. The average Bonchev–Trinajstić information content (AvgIpc) is 3.27. The summed E-state index contributed by atoms with van der Waals surface area (Å²) in [6.45, 7) is 2.07. The Bertz CT molecular complexity index is 889. The minimum absolute atomic E-state index is 0.464. The van der Waals surface area contributed by atoms with E-state index >= 15 is 0 Å². The molecule has 1 saturated heterocycles. The lowest BCUT2D eigenvalue weighted by Crippen LogP contribution is -2.28. The van der Waals surface area contributed by atoms with Gasteiger partial charge in [-0.1, -0.05) is 12.1 Å². The zero-order chi connectivity index (χ0) is 16.4. The number of anilines is 1. The maximum Gasteiger partial charge on any atom is 0.196 e. The van der Waals surface area contributed by atoms with Gasteiger partial charge in [-0.15, -0.1) is 0 Å². The van der Waals surface area contributed by atoms with Gasteiger partial charge in [-0.3, -0.25) is 0 Å². The number of nitriles is 1. The molecule has 0 amide bonds. The predicted molar refractivity (Wildman–Crippen MR) is 94.3 cm³/mol. The molecular weight excluding hydrogens is 300 g/mol. The summed E-state index contributed by atoms with van der Waals surface area (Å²) in [5, 5.41) is 9.49. The third-order valence-electron chi connectivity index (χ3n) is 4.33. The van der Waals surface area contributed by atoms with Gasteiger partial charge in [-0.05, 0) is 37.5 Å². The maximum absolute atomic E-state index is 9.49. The number of piperidine rings is 1. The molecule has 0 unspecified atom stereocenters. The first kappa shape index (κ1) is 14.6. The van der Waals surface area contributed by atoms with Gasteiger partial charge in [-0.25, -0.2) is 4.98 Å². The van der Waals surface area contributed by atoms with E-state index in [4.69, 9.17) is 4.42 Å². The van der Waals surface area contributed by atoms with Crippen molar-refractivity contribution in [2.45, 2.75) is 19.3 Å². The first-order valence-corrected chi connectivity index (χ1v) is 8.25. The number of imidazole rings is 1. The summed E-state index contributed by atoms with van der Waals surface area (Å²) in [4.78, 5) is 9.92. The number of H-pyrrole nitrogens is 1. The Morgan fingerprint density at radius 3 is 2.79 bits per heavy atom. The molecule has 1 aliphatic rings. The van der Waals surface area contributed by atoms with Crippen molar-refractivity contribution in [3.8, 4) is 6.07 Å². The van der Waals surface area contributed by atoms with Crippen LogP contribution in [-0.4, -0.2) is 23.1 Å². The lowest BCUT2D eigenvalue weighted by Gasteiger charge is -2.25. The largest absolute Gasteiger partial charge is 0.441 e. The Morgan fingerprint density at radius 2 is 2.00 bits per heavy atom. The average molecular weight is 318 g/mol. The SMILES string of the molecule is N#C/C(=C/c1ccc(N2CCCCC2)o1)c1nc2ccccc2[nH]1. The Labute approximate surface area is 140 Å². The van der Waals surface area contributed by atoms with Crippen molar-refractivity contribution in [3.05, 3.63) is 48.0 Å². The van der Waals surface area contributed by atoms with Crippen LogP contribution in [0, 0.1) is 11.3 Å². The smallest absolute Gasteiger partial charge is 0.196 e. The Hall–Kier alpha value is -3.00. The number of aromatic nitrogens is 2. The first-order valence-electron chi connectivity index (χ1n) is 8.25. The highest BCUT2D eigenvalue weighted by Gasteiger charge is 2.14. The number of nitrogens with one attached hydrogen (secondary N) is 1. The van der Waals surface area contributed by atoms with Crippen molar-refractivity contribution in [1.29, 1.82) is 5.26 Å². The second-order valence-electron chi connectivity index (χ2n) is 6.00. The third kappa shape index (κ3) is 2.79. The number of hydrogen-bond acceptors (Lipinski definition) is 4. The zero-order valence-electron chi connectivity index (χ0n) is 13.3. The van der Waals surface area contributed by atoms with Crippen LogP contribution < -0.4 is 4.90 Å². The fourth-order valence-corrected chi connectivity index (χ4v) is 3.08. The summed E-state index contributed by atoms with van der Waals surface area (Å²) in [6, 6.07) is 13.8. The van der Waals surface area contributed by atoms with Crippen LogP contribution in [0.2, 0.25) is 0 Å². The van der Waals surface area contributed by atoms with Gasteiger partial charge in [0.05, 0.1) is 16.6 Å². The second-order valence-corrected chi connectivity index (χ2v) is 6.00. The Kier molecular flexibility index (Phi) is 3.80. The van der Waals surface area contributed by atoms with Crippen LogP contribution in [0.15, 0.2) is 40.8 Å². The molecular formula is C19H18N4O. The standard InChI is InChI=1S/C19H18N4O/c20-13-14(19-21-16-6-2-3-7-17(16)22-19)12-15-8-9-18(24-15)23-10-4-1-5-11-23/h2-3,6-9,12H,1,4-5,10-11H2,(H,21,22)/b14-12-. The van der Waals surface area contributed by atoms with E-state index in [1.54, 1.807) is 6.08 Å². The quantitative estimate of drug-likeness (QED) is 0.734. The van der Waals surface area contributed by atoms with E-state index in [-0.39, 0.29) is 0 Å². The Balaban J connectivity index is 1.63. The molecule has 0 saturated carbocycles. The number of rotatable bonds is 3. The van der Waals surface area contributed by atoms with E-state index < -0.39 is 0 Å². The van der Waals surface area contributed by atoms with Crippen LogP contribution in [0.4, 0.5) is 5.88 Å². The van der Waals surface area contributed by atoms with E-state index in [2.05, 4.69) is 20.9 Å². The molecule has 0 radical (unpaired) electrons. The van der Waals surface area contributed by atoms with Crippen molar-refractivity contribution in [2.75, 3.05) is 18.0 Å². The number of furan rings is 1. The number of aromatic amines is 1. The van der Waals surface area contributed by atoms with Crippen molar-refractivity contribution < 1.29 is 4.42 Å². The molecule has 5 heteroatoms. The number of fused-ring (bicyclic) bond motifs is 1. The highest BCUT2D eigenvalue weighted by molar-refractivity contribution is 5.89. The van der Waals surface area contributed by atoms with Crippen molar-refractivity contribution in [3.63, 3.8) is 0 Å². The lowest BCUT2D eigenvalue weighted by molar-refractivity contribution is 0.496. The first-order chi connectivity index (χ1) is 11.8. The highest BCUT2D eigenvalue weighted by Crippen LogP contribution is 2.25. The third-order valence-corrected chi connectivity index (χ3v) is 4.33. The molecule has 1 aromatic carbocycles. The summed E-state index contributed by atoms with van der Waals surface area (Å²) in [7, 11) is 0. The molecule has 1 fully saturated rings. The predicted octanol–water partition coefficient (Wildman–Crippen LogP) is 4.21. The minimum atomic E-state index is 0.464. The number of para-hydroxylation sites is 2. The summed E-state index contributed by atoms with van der Waals surface area (Å²) in [6.07, 6.45) is 5.43. The summed E-state index contributed by atoms with van der Waals surface area (Å²) >= 11 is 0. The number of allylic oxidation sites excluding steroid dienone is 1. The summed E-state index contributed by atoms with van der Waals surface area (Å²) in [5.74, 6) is 2.12. The molecule has 0 bridgehead atoms. The van der Waals surface area contributed by atoms with Crippen LogP contribution >= 0.6 is 0 Å². The molecule has 1 aliphatic heterocycles. The minimum Gasteiger partial charge on any atom is -0.441 e. The van der Waals surface area contributed by atoms with Crippen LogP contribution in [0.3, 0.4) is 0 Å². The van der Waals surface area contributed by atoms with E-state index in [0.717, 1.165) is 30.0 Å². The van der Waals surface area contributed by atoms with Gasteiger partial charge in [0.25, 0.3) is 0 Å². The second kappa shape index (κ2) is 6.25. The van der Waals surface area contributed by atoms with Gasteiger partial charge in [0.1, 0.15) is 17.7 Å². The van der Waals surface area contributed by atoms with Crippen LogP contribution in [-0.2, 0) is 0 Å². The molecule has 0 spiro atoms. The molecule has 3 aromatic rings. The van der Waals surface area contributed by atoms with Crippen molar-refractivity contribution in [1.82, 2.24) is 9.97 Å². The van der Waals surface area contributed by atoms with Crippen molar-refractivity contribution in [2.24, 2.45) is 0 Å². The fourth-order valence-electron chi connectivity index (χ4n) is 3.08. The molecule has 0 aliphatic carbocycles. The number of hydrogen-bond donors (Lipinski definition) is 1. The molecule has 120 valence electrons. The lowest BCUT2D eigenvalue weighted by atomic mass is 10.1. The molecule has 4 rings (SSSR count).